The van der Waals surface area contributed by atoms with Crippen LogP contribution in [-0.2, 0) is 0 Å². The lowest BCUT2D eigenvalue weighted by atomic mass is 9.91. The molecule has 0 bridgehead atoms. The van der Waals surface area contributed by atoms with Crippen LogP contribution in [0.2, 0.25) is 0 Å². The van der Waals surface area contributed by atoms with Gasteiger partial charge in [0.2, 0.25) is 0 Å². The number of hydrogen-bond acceptors (Lipinski definition) is 1. The topological polar surface area (TPSA) is 9.23 Å². The van der Waals surface area contributed by atoms with Crippen molar-refractivity contribution in [2.24, 2.45) is 5.92 Å². The molecule has 0 aliphatic heterocycles. The predicted octanol–water partition coefficient (Wildman–Crippen LogP) is 3.67. The Morgan fingerprint density at radius 1 is 1.27 bits per heavy atom. The number of methoxy groups -OCH3 is 1. The summed E-state index contributed by atoms with van der Waals surface area (Å²) >= 11 is 0. The standard InChI is InChI=1S/C14H16O/c1-11-6-5-7-12(10-11)13-8-3-4-9-14(13)15-2/h3-9,11H,10H2,1-2H3. The highest BCUT2D eigenvalue weighted by Gasteiger charge is 2.11. The van der Waals surface area contributed by atoms with Gasteiger partial charge >= 0.3 is 0 Å². The second-order valence-electron chi connectivity index (χ2n) is 3.96. The maximum absolute atomic E-state index is 5.37. The van der Waals surface area contributed by atoms with E-state index in [4.69, 9.17) is 4.74 Å². The van der Waals surface area contributed by atoms with Gasteiger partial charge in [-0.3, -0.25) is 0 Å². The first-order valence-electron chi connectivity index (χ1n) is 5.32. The largest absolute Gasteiger partial charge is 0.496 e. The molecule has 0 radical (unpaired) electrons. The minimum absolute atomic E-state index is 0.620. The second-order valence-corrected chi connectivity index (χ2v) is 3.96. The molecule has 0 N–H and O–H groups in total. The smallest absolute Gasteiger partial charge is 0.126 e. The van der Waals surface area contributed by atoms with Gasteiger partial charge in [0.15, 0.2) is 0 Å². The van der Waals surface area contributed by atoms with Crippen molar-refractivity contribution < 1.29 is 4.74 Å². The Labute approximate surface area is 91.1 Å². The molecule has 78 valence electrons. The highest BCUT2D eigenvalue weighted by atomic mass is 16.5. The number of para-hydroxylation sites is 1. The SMILES string of the molecule is COc1ccccc1C1=CC=CC(C)C1. The molecular formula is C14H16O. The lowest BCUT2D eigenvalue weighted by Crippen LogP contribution is -1.99. The van der Waals surface area contributed by atoms with E-state index >= 15 is 0 Å². The minimum Gasteiger partial charge on any atom is -0.496 e. The first-order valence-corrected chi connectivity index (χ1v) is 5.32. The molecule has 0 saturated heterocycles. The molecule has 2 rings (SSSR count). The summed E-state index contributed by atoms with van der Waals surface area (Å²) in [6.45, 7) is 2.24. The first-order chi connectivity index (χ1) is 7.31. The van der Waals surface area contributed by atoms with E-state index in [9.17, 15) is 0 Å². The van der Waals surface area contributed by atoms with Gasteiger partial charge in [0.05, 0.1) is 7.11 Å². The molecule has 0 saturated carbocycles. The van der Waals surface area contributed by atoms with Crippen LogP contribution in [0.15, 0.2) is 42.5 Å². The molecule has 1 unspecified atom stereocenters. The molecule has 0 heterocycles. The highest BCUT2D eigenvalue weighted by molar-refractivity contribution is 5.72. The van der Waals surface area contributed by atoms with Crippen LogP contribution >= 0.6 is 0 Å². The maximum atomic E-state index is 5.37. The Morgan fingerprint density at radius 3 is 2.80 bits per heavy atom. The molecule has 15 heavy (non-hydrogen) atoms. The minimum atomic E-state index is 0.620. The maximum Gasteiger partial charge on any atom is 0.126 e. The van der Waals surface area contributed by atoms with Crippen LogP contribution < -0.4 is 4.74 Å². The van der Waals surface area contributed by atoms with Crippen molar-refractivity contribution in [2.45, 2.75) is 13.3 Å². The Morgan fingerprint density at radius 2 is 2.07 bits per heavy atom. The van der Waals surface area contributed by atoms with Crippen molar-refractivity contribution in [1.82, 2.24) is 0 Å². The number of hydrogen-bond donors (Lipinski definition) is 0. The average molecular weight is 200 g/mol. The van der Waals surface area contributed by atoms with Crippen LogP contribution in [0.4, 0.5) is 0 Å². The van der Waals surface area contributed by atoms with Gasteiger partial charge in [0.25, 0.3) is 0 Å². The molecule has 1 aromatic carbocycles. The zero-order valence-electron chi connectivity index (χ0n) is 9.23. The average Bonchev–Trinajstić information content (AvgIpc) is 2.29. The summed E-state index contributed by atoms with van der Waals surface area (Å²) < 4.78 is 5.37. The summed E-state index contributed by atoms with van der Waals surface area (Å²) in [5.74, 6) is 1.58. The third kappa shape index (κ3) is 2.12. The van der Waals surface area contributed by atoms with E-state index in [0.29, 0.717) is 5.92 Å². The zero-order valence-corrected chi connectivity index (χ0v) is 9.23. The van der Waals surface area contributed by atoms with E-state index < -0.39 is 0 Å². The molecule has 1 aliphatic carbocycles. The number of allylic oxidation sites excluding steroid dienone is 4. The molecule has 0 spiro atoms. The molecular weight excluding hydrogens is 184 g/mol. The molecule has 1 aromatic rings. The molecule has 1 heteroatoms. The molecule has 0 amide bonds. The van der Waals surface area contributed by atoms with E-state index in [0.717, 1.165) is 12.2 Å². The third-order valence-electron chi connectivity index (χ3n) is 2.73. The number of rotatable bonds is 2. The quantitative estimate of drug-likeness (QED) is 0.707. The monoisotopic (exact) mass is 200 g/mol. The van der Waals surface area contributed by atoms with E-state index in [1.807, 2.05) is 12.1 Å². The summed E-state index contributed by atoms with van der Waals surface area (Å²) in [6.07, 6.45) is 7.64. The third-order valence-corrected chi connectivity index (χ3v) is 2.73. The van der Waals surface area contributed by atoms with Crippen molar-refractivity contribution in [2.75, 3.05) is 7.11 Å². The van der Waals surface area contributed by atoms with Gasteiger partial charge in [0, 0.05) is 5.56 Å². The lowest BCUT2D eigenvalue weighted by molar-refractivity contribution is 0.413. The van der Waals surface area contributed by atoms with Gasteiger partial charge in [0.1, 0.15) is 5.75 Å². The lowest BCUT2D eigenvalue weighted by Gasteiger charge is -2.16. The van der Waals surface area contributed by atoms with Crippen molar-refractivity contribution in [3.63, 3.8) is 0 Å². The predicted molar refractivity (Wildman–Crippen MR) is 63.9 cm³/mol. The summed E-state index contributed by atoms with van der Waals surface area (Å²) in [7, 11) is 1.72. The van der Waals surface area contributed by atoms with E-state index in [1.54, 1.807) is 7.11 Å². The van der Waals surface area contributed by atoms with Gasteiger partial charge < -0.3 is 4.74 Å². The summed E-state index contributed by atoms with van der Waals surface area (Å²) in [5, 5.41) is 0. The fourth-order valence-corrected chi connectivity index (χ4v) is 1.95. The van der Waals surface area contributed by atoms with E-state index in [2.05, 4.69) is 37.3 Å². The van der Waals surface area contributed by atoms with Crippen molar-refractivity contribution in [3.8, 4) is 5.75 Å². The van der Waals surface area contributed by atoms with Crippen LogP contribution in [0, 0.1) is 5.92 Å². The van der Waals surface area contributed by atoms with Crippen molar-refractivity contribution in [1.29, 1.82) is 0 Å². The highest BCUT2D eigenvalue weighted by Crippen LogP contribution is 2.32. The van der Waals surface area contributed by atoms with Crippen LogP contribution in [0.3, 0.4) is 0 Å². The zero-order chi connectivity index (χ0) is 10.7. The molecule has 1 nitrogen and oxygen atoms in total. The Bertz CT molecular complexity index is 402. The first kappa shape index (κ1) is 10.0. The molecule has 0 fully saturated rings. The van der Waals surface area contributed by atoms with Gasteiger partial charge in [-0.2, -0.15) is 0 Å². The second kappa shape index (κ2) is 4.35. The Balaban J connectivity index is 2.37. The van der Waals surface area contributed by atoms with Crippen LogP contribution in [0.1, 0.15) is 18.9 Å². The Kier molecular flexibility index (Phi) is 2.91. The van der Waals surface area contributed by atoms with E-state index in [1.165, 1.54) is 11.1 Å². The van der Waals surface area contributed by atoms with Crippen LogP contribution in [0.25, 0.3) is 5.57 Å². The van der Waals surface area contributed by atoms with E-state index in [-0.39, 0.29) is 0 Å². The van der Waals surface area contributed by atoms with Crippen molar-refractivity contribution in [3.05, 3.63) is 48.1 Å². The van der Waals surface area contributed by atoms with Crippen LogP contribution in [0.5, 0.6) is 5.75 Å². The summed E-state index contributed by atoms with van der Waals surface area (Å²) in [5.41, 5.74) is 2.58. The number of ether oxygens (including phenoxy) is 1. The van der Waals surface area contributed by atoms with Gasteiger partial charge in [-0.05, 0) is 24.0 Å². The fraction of sp³-hybridized carbons (Fsp3) is 0.286. The fourth-order valence-electron chi connectivity index (χ4n) is 1.95. The van der Waals surface area contributed by atoms with Gasteiger partial charge in [-0.15, -0.1) is 0 Å². The van der Waals surface area contributed by atoms with Crippen molar-refractivity contribution >= 4 is 5.57 Å². The summed E-state index contributed by atoms with van der Waals surface area (Å²) in [4.78, 5) is 0. The molecule has 1 aliphatic rings. The normalized spacial score (nSPS) is 19.9. The molecule has 0 aromatic heterocycles. The molecule has 1 atom stereocenters. The van der Waals surface area contributed by atoms with Crippen LogP contribution in [-0.4, -0.2) is 7.11 Å². The summed E-state index contributed by atoms with van der Waals surface area (Å²) in [6, 6.07) is 8.20. The Hall–Kier alpha value is -1.50. The van der Waals surface area contributed by atoms with Gasteiger partial charge in [-0.1, -0.05) is 43.4 Å². The van der Waals surface area contributed by atoms with Gasteiger partial charge in [-0.25, -0.2) is 0 Å². The number of benzene rings is 1.